The van der Waals surface area contributed by atoms with Crippen LogP contribution in [0.4, 0.5) is 0 Å². The van der Waals surface area contributed by atoms with Gasteiger partial charge in [-0.3, -0.25) is 4.79 Å². The van der Waals surface area contributed by atoms with Crippen molar-refractivity contribution in [3.05, 3.63) is 0 Å². The van der Waals surface area contributed by atoms with E-state index in [0.29, 0.717) is 11.8 Å². The second-order valence-electron chi connectivity index (χ2n) is 4.75. The van der Waals surface area contributed by atoms with Gasteiger partial charge >= 0.3 is 0 Å². The molecule has 0 spiro atoms. The van der Waals surface area contributed by atoms with Crippen molar-refractivity contribution in [2.45, 2.75) is 25.3 Å². The molecular weight excluding hydrogens is 216 g/mol. The maximum absolute atomic E-state index is 12.2. The average Bonchev–Trinajstić information content (AvgIpc) is 2.89. The molecule has 1 aliphatic heterocycles. The maximum Gasteiger partial charge on any atom is 0.241 e. The predicted molar refractivity (Wildman–Crippen MR) is 60.4 cm³/mol. The van der Waals surface area contributed by atoms with E-state index in [9.17, 15) is 4.79 Å². The zero-order valence-electron chi connectivity index (χ0n) is 9.72. The topological polar surface area (TPSA) is 79.9 Å². The number of hydrogen-bond donors (Lipinski definition) is 1. The van der Waals surface area contributed by atoms with Gasteiger partial charge in [0.05, 0.1) is 18.2 Å². The maximum atomic E-state index is 12.2. The molecule has 1 aliphatic carbocycles. The summed E-state index contributed by atoms with van der Waals surface area (Å²) in [6.07, 6.45) is 3.47. The van der Waals surface area contributed by atoms with Crippen LogP contribution in [0.3, 0.4) is 0 Å². The molecule has 1 N–H and O–H groups in total. The van der Waals surface area contributed by atoms with Crippen LogP contribution < -0.4 is 5.32 Å². The SMILES string of the molecule is N#CCN(CC#N)C(=O)C1NCC2CCCC21. The van der Waals surface area contributed by atoms with Crippen LogP contribution >= 0.6 is 0 Å². The van der Waals surface area contributed by atoms with Gasteiger partial charge in [0.1, 0.15) is 13.1 Å². The van der Waals surface area contributed by atoms with E-state index in [2.05, 4.69) is 5.32 Å². The van der Waals surface area contributed by atoms with Crippen LogP contribution in [0.5, 0.6) is 0 Å². The highest BCUT2D eigenvalue weighted by molar-refractivity contribution is 5.83. The first kappa shape index (κ1) is 11.9. The second-order valence-corrected chi connectivity index (χ2v) is 4.75. The first-order valence-corrected chi connectivity index (χ1v) is 6.04. The van der Waals surface area contributed by atoms with Gasteiger partial charge in [-0.05, 0) is 31.2 Å². The van der Waals surface area contributed by atoms with E-state index in [0.717, 1.165) is 13.0 Å². The molecule has 90 valence electrons. The van der Waals surface area contributed by atoms with Crippen LogP contribution in [0, 0.1) is 34.5 Å². The lowest BCUT2D eigenvalue weighted by Crippen LogP contribution is -2.46. The van der Waals surface area contributed by atoms with Crippen LogP contribution in [-0.2, 0) is 4.79 Å². The average molecular weight is 232 g/mol. The Balaban J connectivity index is 2.03. The fourth-order valence-electron chi connectivity index (χ4n) is 3.04. The highest BCUT2D eigenvalue weighted by Gasteiger charge is 2.43. The number of rotatable bonds is 3. The summed E-state index contributed by atoms with van der Waals surface area (Å²) in [4.78, 5) is 13.6. The van der Waals surface area contributed by atoms with Gasteiger partial charge in [0.15, 0.2) is 0 Å². The Morgan fingerprint density at radius 1 is 1.29 bits per heavy atom. The second kappa shape index (κ2) is 5.16. The van der Waals surface area contributed by atoms with E-state index >= 15 is 0 Å². The van der Waals surface area contributed by atoms with Crippen molar-refractivity contribution >= 4 is 5.91 Å². The molecule has 5 nitrogen and oxygen atoms in total. The Bertz CT molecular complexity index is 365. The summed E-state index contributed by atoms with van der Waals surface area (Å²) in [6.45, 7) is 0.901. The highest BCUT2D eigenvalue weighted by Crippen LogP contribution is 2.38. The molecule has 5 heteroatoms. The molecule has 1 amide bonds. The number of nitriles is 2. The minimum absolute atomic E-state index is 0.00194. The van der Waals surface area contributed by atoms with Crippen LogP contribution in [0.15, 0.2) is 0 Å². The van der Waals surface area contributed by atoms with Crippen LogP contribution in [0.1, 0.15) is 19.3 Å². The standard InChI is InChI=1S/C12H16N4O/c13-4-6-16(7-5-14)12(17)11-10-3-1-2-9(10)8-15-11/h9-11,15H,1-3,6-8H2. The summed E-state index contributed by atoms with van der Waals surface area (Å²) >= 11 is 0. The monoisotopic (exact) mass is 232 g/mol. The molecule has 2 fully saturated rings. The molecule has 2 aliphatic rings. The Morgan fingerprint density at radius 2 is 2.00 bits per heavy atom. The Hall–Kier alpha value is -1.59. The number of carbonyl (C=O) groups is 1. The van der Waals surface area contributed by atoms with Gasteiger partial charge in [-0.15, -0.1) is 0 Å². The van der Waals surface area contributed by atoms with Gasteiger partial charge in [-0.2, -0.15) is 10.5 Å². The molecule has 0 bridgehead atoms. The molecule has 3 atom stereocenters. The highest BCUT2D eigenvalue weighted by atomic mass is 16.2. The van der Waals surface area contributed by atoms with Crippen LogP contribution in [0.2, 0.25) is 0 Å². The Kier molecular flexibility index (Phi) is 3.61. The van der Waals surface area contributed by atoms with Gasteiger partial charge in [-0.25, -0.2) is 0 Å². The lowest BCUT2D eigenvalue weighted by molar-refractivity contribution is -0.133. The predicted octanol–water partition coefficient (Wildman–Crippen LogP) is 0.250. The summed E-state index contributed by atoms with van der Waals surface area (Å²) in [5.41, 5.74) is 0. The van der Waals surface area contributed by atoms with E-state index in [4.69, 9.17) is 10.5 Å². The number of carbonyl (C=O) groups excluding carboxylic acids is 1. The van der Waals surface area contributed by atoms with Gasteiger partial charge in [-0.1, -0.05) is 6.42 Å². The molecule has 3 unspecified atom stereocenters. The number of amides is 1. The minimum Gasteiger partial charge on any atom is -0.315 e. The molecule has 17 heavy (non-hydrogen) atoms. The van der Waals surface area contributed by atoms with E-state index in [1.54, 1.807) is 0 Å². The van der Waals surface area contributed by atoms with Crippen molar-refractivity contribution in [1.29, 1.82) is 10.5 Å². The fourth-order valence-corrected chi connectivity index (χ4v) is 3.04. The quantitative estimate of drug-likeness (QED) is 0.707. The molecular formula is C12H16N4O. The minimum atomic E-state index is -0.177. The molecule has 1 saturated heterocycles. The largest absolute Gasteiger partial charge is 0.315 e. The first-order chi connectivity index (χ1) is 8.27. The van der Waals surface area contributed by atoms with Crippen molar-refractivity contribution in [3.63, 3.8) is 0 Å². The zero-order valence-corrected chi connectivity index (χ0v) is 9.72. The summed E-state index contributed by atoms with van der Waals surface area (Å²) < 4.78 is 0. The third-order valence-corrected chi connectivity index (χ3v) is 3.85. The van der Waals surface area contributed by atoms with E-state index in [1.165, 1.54) is 17.7 Å². The van der Waals surface area contributed by atoms with Crippen molar-refractivity contribution < 1.29 is 4.79 Å². The zero-order chi connectivity index (χ0) is 12.3. The molecule has 2 rings (SSSR count). The summed E-state index contributed by atoms with van der Waals surface area (Å²) in [6, 6.07) is 3.71. The van der Waals surface area contributed by atoms with Crippen molar-refractivity contribution in [1.82, 2.24) is 10.2 Å². The molecule has 0 aromatic carbocycles. The molecule has 1 saturated carbocycles. The van der Waals surface area contributed by atoms with Gasteiger partial charge < -0.3 is 10.2 Å². The fraction of sp³-hybridized carbons (Fsp3) is 0.750. The molecule has 0 aromatic heterocycles. The number of hydrogen-bond acceptors (Lipinski definition) is 4. The van der Waals surface area contributed by atoms with E-state index < -0.39 is 0 Å². The van der Waals surface area contributed by atoms with Gasteiger partial charge in [0, 0.05) is 0 Å². The van der Waals surface area contributed by atoms with Crippen LogP contribution in [0.25, 0.3) is 0 Å². The van der Waals surface area contributed by atoms with Gasteiger partial charge in [0.25, 0.3) is 0 Å². The number of nitrogens with zero attached hydrogens (tertiary/aromatic N) is 3. The van der Waals surface area contributed by atoms with Gasteiger partial charge in [0.2, 0.25) is 5.91 Å². The molecule has 0 radical (unpaired) electrons. The number of nitrogens with one attached hydrogen (secondary N) is 1. The Morgan fingerprint density at radius 3 is 2.65 bits per heavy atom. The van der Waals surface area contributed by atoms with Crippen LogP contribution in [-0.4, -0.2) is 36.5 Å². The Labute approximate surface area is 101 Å². The number of fused-ring (bicyclic) bond motifs is 1. The summed E-state index contributed by atoms with van der Waals surface area (Å²) in [5, 5.41) is 20.6. The van der Waals surface area contributed by atoms with E-state index in [-0.39, 0.29) is 25.0 Å². The lowest BCUT2D eigenvalue weighted by Gasteiger charge is -2.24. The smallest absolute Gasteiger partial charge is 0.241 e. The summed E-state index contributed by atoms with van der Waals surface area (Å²) in [5.74, 6) is 0.930. The summed E-state index contributed by atoms with van der Waals surface area (Å²) in [7, 11) is 0. The molecule has 1 heterocycles. The molecule has 0 aromatic rings. The lowest BCUT2D eigenvalue weighted by atomic mass is 9.93. The third-order valence-electron chi connectivity index (χ3n) is 3.85. The van der Waals surface area contributed by atoms with E-state index in [1.807, 2.05) is 12.1 Å². The first-order valence-electron chi connectivity index (χ1n) is 6.04. The normalized spacial score (nSPS) is 30.4. The van der Waals surface area contributed by atoms with Crippen molar-refractivity contribution in [3.8, 4) is 12.1 Å². The van der Waals surface area contributed by atoms with Crippen molar-refractivity contribution in [2.24, 2.45) is 11.8 Å². The van der Waals surface area contributed by atoms with Crippen molar-refractivity contribution in [2.75, 3.05) is 19.6 Å². The third kappa shape index (κ3) is 2.25.